The number of aromatic amines is 1. The van der Waals surface area contributed by atoms with Crippen LogP contribution < -0.4 is 10.2 Å². The van der Waals surface area contributed by atoms with E-state index in [4.69, 9.17) is 4.74 Å². The molecule has 1 N–H and O–H groups in total. The van der Waals surface area contributed by atoms with Crippen LogP contribution in [0.1, 0.15) is 26.3 Å². The number of aryl methyl sites for hydroxylation is 1. The van der Waals surface area contributed by atoms with Gasteiger partial charge in [-0.15, -0.1) is 0 Å². The summed E-state index contributed by atoms with van der Waals surface area (Å²) in [7, 11) is 0.0430. The van der Waals surface area contributed by atoms with Gasteiger partial charge in [-0.25, -0.2) is 9.78 Å². The predicted octanol–water partition coefficient (Wildman–Crippen LogP) is 6.22. The summed E-state index contributed by atoms with van der Waals surface area (Å²) in [5.74, 6) is 0. The van der Waals surface area contributed by atoms with E-state index in [0.717, 1.165) is 32.3 Å². The Bertz CT molecular complexity index is 1110. The fraction of sp³-hybridized carbons (Fsp3) is 0.391. The van der Waals surface area contributed by atoms with Crippen molar-refractivity contribution in [3.63, 3.8) is 0 Å². The molecule has 0 aliphatic carbocycles. The van der Waals surface area contributed by atoms with Crippen molar-refractivity contribution in [1.82, 2.24) is 9.97 Å². The third kappa shape index (κ3) is 4.47. The molecule has 160 valence electrons. The van der Waals surface area contributed by atoms with E-state index in [1.807, 2.05) is 39.1 Å². The predicted molar refractivity (Wildman–Crippen MR) is 132 cm³/mol. The van der Waals surface area contributed by atoms with Crippen LogP contribution in [0.3, 0.4) is 0 Å². The summed E-state index contributed by atoms with van der Waals surface area (Å²) in [6.45, 7) is 14.7. The SMILES string of the molecule is Cc1c(Br)cnc2[nH]c([Si](C)(C)C)c(-c3cccc(N(C)C(=O)OC(C)(C)C)c3)c12. The first kappa shape index (κ1) is 22.6. The van der Waals surface area contributed by atoms with E-state index in [1.54, 1.807) is 11.9 Å². The maximum atomic E-state index is 12.6. The van der Waals surface area contributed by atoms with Crippen LogP contribution >= 0.6 is 15.9 Å². The molecule has 3 rings (SSSR count). The van der Waals surface area contributed by atoms with Crippen molar-refractivity contribution in [2.24, 2.45) is 0 Å². The second-order valence-corrected chi connectivity index (χ2v) is 15.5. The van der Waals surface area contributed by atoms with E-state index in [2.05, 4.69) is 64.6 Å². The van der Waals surface area contributed by atoms with Crippen LogP contribution in [0.25, 0.3) is 22.2 Å². The molecule has 0 saturated heterocycles. The zero-order valence-corrected chi connectivity index (χ0v) is 21.6. The highest BCUT2D eigenvalue weighted by Gasteiger charge is 2.28. The van der Waals surface area contributed by atoms with E-state index >= 15 is 0 Å². The van der Waals surface area contributed by atoms with E-state index in [0.29, 0.717) is 0 Å². The maximum Gasteiger partial charge on any atom is 0.414 e. The fourth-order valence-electron chi connectivity index (χ4n) is 3.44. The number of rotatable bonds is 3. The number of carbonyl (C=O) groups is 1. The summed E-state index contributed by atoms with van der Waals surface area (Å²) in [5, 5.41) is 2.38. The Hall–Kier alpha value is -2.12. The van der Waals surface area contributed by atoms with Crippen LogP contribution in [-0.2, 0) is 4.74 Å². The number of nitrogens with one attached hydrogen (secondary N) is 1. The lowest BCUT2D eigenvalue weighted by atomic mass is 10.0. The Morgan fingerprint density at radius 1 is 1.23 bits per heavy atom. The van der Waals surface area contributed by atoms with Gasteiger partial charge in [0.15, 0.2) is 0 Å². The molecule has 0 bridgehead atoms. The number of H-pyrrole nitrogens is 1. The average molecular weight is 489 g/mol. The Morgan fingerprint density at radius 3 is 2.50 bits per heavy atom. The van der Waals surface area contributed by atoms with Crippen LogP contribution in [0.4, 0.5) is 10.5 Å². The van der Waals surface area contributed by atoms with Gasteiger partial charge in [0.2, 0.25) is 0 Å². The van der Waals surface area contributed by atoms with E-state index in [9.17, 15) is 4.79 Å². The number of hydrogen-bond donors (Lipinski definition) is 1. The Balaban J connectivity index is 2.18. The normalized spacial score (nSPS) is 12.3. The molecule has 5 nitrogen and oxygen atoms in total. The van der Waals surface area contributed by atoms with Crippen molar-refractivity contribution < 1.29 is 9.53 Å². The van der Waals surface area contributed by atoms with Gasteiger partial charge in [0, 0.05) is 39.7 Å². The van der Waals surface area contributed by atoms with Crippen LogP contribution in [0.15, 0.2) is 34.9 Å². The van der Waals surface area contributed by atoms with E-state index in [-0.39, 0.29) is 6.09 Å². The van der Waals surface area contributed by atoms with Crippen molar-refractivity contribution in [2.45, 2.75) is 52.9 Å². The average Bonchev–Trinajstić information content (AvgIpc) is 3.03. The monoisotopic (exact) mass is 487 g/mol. The topological polar surface area (TPSA) is 58.2 Å². The van der Waals surface area contributed by atoms with Gasteiger partial charge in [0.1, 0.15) is 11.2 Å². The van der Waals surface area contributed by atoms with Gasteiger partial charge in [-0.3, -0.25) is 4.90 Å². The minimum Gasteiger partial charge on any atom is -0.443 e. The highest BCUT2D eigenvalue weighted by Crippen LogP contribution is 2.35. The van der Waals surface area contributed by atoms with Gasteiger partial charge in [-0.1, -0.05) is 31.8 Å². The third-order valence-electron chi connectivity index (χ3n) is 4.96. The molecule has 0 radical (unpaired) electrons. The second-order valence-electron chi connectivity index (χ2n) is 9.67. The summed E-state index contributed by atoms with van der Waals surface area (Å²) < 4.78 is 6.52. The molecule has 3 aromatic rings. The number of anilines is 1. The summed E-state index contributed by atoms with van der Waals surface area (Å²) in [5.41, 5.74) is 4.54. The molecular formula is C23H30BrN3O2Si. The molecule has 30 heavy (non-hydrogen) atoms. The third-order valence-corrected chi connectivity index (χ3v) is 7.63. The molecule has 0 saturated carbocycles. The first-order chi connectivity index (χ1) is 13.8. The van der Waals surface area contributed by atoms with Crippen LogP contribution in [0, 0.1) is 6.92 Å². The molecule has 0 aliphatic rings. The van der Waals surface area contributed by atoms with E-state index in [1.165, 1.54) is 10.9 Å². The number of aromatic nitrogens is 2. The number of nitrogens with zero attached hydrogens (tertiary/aromatic N) is 2. The lowest BCUT2D eigenvalue weighted by molar-refractivity contribution is 0.0589. The van der Waals surface area contributed by atoms with Crippen molar-refractivity contribution >= 4 is 52.1 Å². The number of hydrogen-bond acceptors (Lipinski definition) is 3. The summed E-state index contributed by atoms with van der Waals surface area (Å²) >= 11 is 3.63. The number of pyridine rings is 1. The fourth-order valence-corrected chi connectivity index (χ4v) is 5.26. The quantitative estimate of drug-likeness (QED) is 0.446. The Morgan fingerprint density at radius 2 is 1.90 bits per heavy atom. The second kappa shape index (κ2) is 7.85. The molecule has 1 amide bonds. The number of ether oxygens (including phenoxy) is 1. The van der Waals surface area contributed by atoms with Gasteiger partial charge in [0.25, 0.3) is 0 Å². The highest BCUT2D eigenvalue weighted by molar-refractivity contribution is 9.10. The number of carbonyl (C=O) groups excluding carboxylic acids is 1. The van der Waals surface area contributed by atoms with Crippen molar-refractivity contribution in [3.8, 4) is 11.1 Å². The molecule has 7 heteroatoms. The van der Waals surface area contributed by atoms with Crippen molar-refractivity contribution in [1.29, 1.82) is 0 Å². The molecular weight excluding hydrogens is 458 g/mol. The first-order valence-electron chi connectivity index (χ1n) is 10.0. The number of fused-ring (bicyclic) bond motifs is 1. The Labute approximate surface area is 188 Å². The van der Waals surface area contributed by atoms with Gasteiger partial charge >= 0.3 is 6.09 Å². The van der Waals surface area contributed by atoms with Crippen molar-refractivity contribution in [3.05, 3.63) is 40.5 Å². The first-order valence-corrected chi connectivity index (χ1v) is 14.3. The number of benzene rings is 1. The summed E-state index contributed by atoms with van der Waals surface area (Å²) in [4.78, 5) is 22.4. The van der Waals surface area contributed by atoms with E-state index < -0.39 is 13.7 Å². The highest BCUT2D eigenvalue weighted by atomic mass is 79.9. The van der Waals surface area contributed by atoms with Crippen molar-refractivity contribution in [2.75, 3.05) is 11.9 Å². The standard InChI is InChI=1S/C23H30BrN3O2Si/c1-14-17(24)13-25-20-18(14)19(21(26-20)30(6,7)8)15-10-9-11-16(12-15)27(5)22(28)29-23(2,3)4/h9-13H,1-8H3,(H,25,26). The van der Waals surface area contributed by atoms with Crippen LogP contribution in [0.2, 0.25) is 19.6 Å². The zero-order chi connectivity index (χ0) is 22.4. The lowest BCUT2D eigenvalue weighted by Crippen LogP contribution is -2.40. The minimum absolute atomic E-state index is 0.371. The molecule has 0 spiro atoms. The molecule has 0 fully saturated rings. The van der Waals surface area contributed by atoms with Gasteiger partial charge in [-0.2, -0.15) is 0 Å². The minimum atomic E-state index is -1.70. The number of halogens is 1. The lowest BCUT2D eigenvalue weighted by Gasteiger charge is -2.25. The summed E-state index contributed by atoms with van der Waals surface area (Å²) in [6.07, 6.45) is 1.48. The maximum absolute atomic E-state index is 12.6. The molecule has 2 aromatic heterocycles. The summed E-state index contributed by atoms with van der Waals surface area (Å²) in [6, 6.07) is 8.06. The zero-order valence-electron chi connectivity index (χ0n) is 19.0. The molecule has 0 aliphatic heterocycles. The largest absolute Gasteiger partial charge is 0.443 e. The van der Waals surface area contributed by atoms with Gasteiger partial charge in [0.05, 0.1) is 8.07 Å². The smallest absolute Gasteiger partial charge is 0.414 e. The van der Waals surface area contributed by atoms with Crippen LogP contribution in [-0.4, -0.2) is 36.8 Å². The molecule has 0 atom stereocenters. The molecule has 0 unspecified atom stereocenters. The van der Waals surface area contributed by atoms with Gasteiger partial charge in [-0.05, 0) is 66.9 Å². The molecule has 2 heterocycles. The Kier molecular flexibility index (Phi) is 5.90. The molecule has 1 aromatic carbocycles. The number of amides is 1. The van der Waals surface area contributed by atoms with Crippen LogP contribution in [0.5, 0.6) is 0 Å². The van der Waals surface area contributed by atoms with Gasteiger partial charge < -0.3 is 9.72 Å².